The lowest BCUT2D eigenvalue weighted by atomic mass is 9.33. The van der Waals surface area contributed by atoms with E-state index >= 15 is 0 Å². The third-order valence-electron chi connectivity index (χ3n) is 12.8. The summed E-state index contributed by atoms with van der Waals surface area (Å²) in [7, 11) is 0. The Morgan fingerprint density at radius 1 is 0.914 bits per heavy atom. The van der Waals surface area contributed by atoms with Gasteiger partial charge in [0.05, 0.1) is 11.7 Å². The number of carboxylic acid groups (broad SMARTS) is 1. The van der Waals surface area contributed by atoms with Crippen LogP contribution in [-0.2, 0) is 9.59 Å². The predicted molar refractivity (Wildman–Crippen MR) is 131 cm³/mol. The molecule has 0 aliphatic heterocycles. The van der Waals surface area contributed by atoms with E-state index in [1.165, 1.54) is 0 Å². The van der Waals surface area contributed by atoms with Gasteiger partial charge < -0.3 is 20.4 Å². The molecule has 0 unspecified atom stereocenters. The smallest absolute Gasteiger partial charge is 0.335 e. The standard InChI is InChI=1S/C29H44O6/c1-23(2)18-7-10-27(6)21(25(18,4)9-8-20(23)31)17(30)15-19-26(27,5)13-11-24(3)12-14-28(34,22(32)33)16-29(19,24)35/h15,18,20-21,31,34-35H,7-14,16H2,1-6H3,(H,32,33)/t18-,20-,21+,24+,25+,26+,27-,28-,29+/m1/s1. The molecular formula is C29H44O6. The van der Waals surface area contributed by atoms with Crippen molar-refractivity contribution in [1.82, 2.24) is 0 Å². The van der Waals surface area contributed by atoms with Gasteiger partial charge in [0.15, 0.2) is 11.4 Å². The van der Waals surface area contributed by atoms with E-state index in [1.807, 2.05) is 6.92 Å². The van der Waals surface area contributed by atoms with E-state index in [0.29, 0.717) is 18.4 Å². The Morgan fingerprint density at radius 2 is 1.54 bits per heavy atom. The van der Waals surface area contributed by atoms with Gasteiger partial charge in [-0.25, -0.2) is 4.79 Å². The first-order valence-electron chi connectivity index (χ1n) is 13.5. The molecule has 5 aliphatic rings. The van der Waals surface area contributed by atoms with Crippen molar-refractivity contribution in [2.45, 2.75) is 117 Å². The van der Waals surface area contributed by atoms with Crippen molar-refractivity contribution in [3.63, 3.8) is 0 Å². The molecule has 9 atom stereocenters. The molecule has 0 saturated heterocycles. The molecule has 0 aromatic heterocycles. The summed E-state index contributed by atoms with van der Waals surface area (Å²) in [5.74, 6) is -1.27. The Hall–Kier alpha value is -1.24. The van der Waals surface area contributed by atoms with Gasteiger partial charge in [0.25, 0.3) is 0 Å². The van der Waals surface area contributed by atoms with E-state index in [9.17, 15) is 30.0 Å². The molecule has 0 heterocycles. The molecule has 5 aliphatic carbocycles. The molecule has 0 aromatic carbocycles. The molecule has 0 aromatic rings. The number of hydrogen-bond acceptors (Lipinski definition) is 5. The lowest BCUT2D eigenvalue weighted by molar-refractivity contribution is -0.226. The van der Waals surface area contributed by atoms with Gasteiger partial charge in [-0.1, -0.05) is 41.5 Å². The van der Waals surface area contributed by atoms with Crippen LogP contribution in [0.5, 0.6) is 0 Å². The normalized spacial score (nSPS) is 55.1. The van der Waals surface area contributed by atoms with E-state index < -0.39 is 33.4 Å². The van der Waals surface area contributed by atoms with Crippen LogP contribution in [0.15, 0.2) is 11.6 Å². The number of allylic oxidation sites excluding steroid dienone is 1. The van der Waals surface area contributed by atoms with E-state index in [1.54, 1.807) is 6.08 Å². The average Bonchev–Trinajstić information content (AvgIpc) is 2.74. The van der Waals surface area contributed by atoms with Crippen LogP contribution in [0.2, 0.25) is 0 Å². The Labute approximate surface area is 209 Å². The lowest BCUT2D eigenvalue weighted by Crippen LogP contribution is -2.70. The molecule has 196 valence electrons. The van der Waals surface area contributed by atoms with E-state index in [-0.39, 0.29) is 47.4 Å². The predicted octanol–water partition coefficient (Wildman–Crippen LogP) is 4.25. The van der Waals surface area contributed by atoms with Gasteiger partial charge >= 0.3 is 5.97 Å². The summed E-state index contributed by atoms with van der Waals surface area (Å²) in [5.41, 5.74) is -4.88. The highest BCUT2D eigenvalue weighted by Gasteiger charge is 2.73. The molecule has 0 amide bonds. The zero-order chi connectivity index (χ0) is 26.0. The fraction of sp³-hybridized carbons (Fsp3) is 0.862. The minimum absolute atomic E-state index is 0.0291. The monoisotopic (exact) mass is 488 g/mol. The van der Waals surface area contributed by atoms with Crippen molar-refractivity contribution in [3.05, 3.63) is 11.6 Å². The van der Waals surface area contributed by atoms with Crippen molar-refractivity contribution in [3.8, 4) is 0 Å². The van der Waals surface area contributed by atoms with Crippen molar-refractivity contribution in [1.29, 1.82) is 0 Å². The summed E-state index contributed by atoms with van der Waals surface area (Å²) < 4.78 is 0. The van der Waals surface area contributed by atoms with Crippen molar-refractivity contribution >= 4 is 11.8 Å². The molecule has 4 saturated carbocycles. The first-order valence-corrected chi connectivity index (χ1v) is 13.5. The second kappa shape index (κ2) is 6.99. The van der Waals surface area contributed by atoms with Gasteiger partial charge in [0.1, 0.15) is 0 Å². The Bertz CT molecular complexity index is 1020. The van der Waals surface area contributed by atoms with Gasteiger partial charge in [-0.2, -0.15) is 0 Å². The highest BCUT2D eigenvalue weighted by molar-refractivity contribution is 5.96. The zero-order valence-corrected chi connectivity index (χ0v) is 22.3. The zero-order valence-electron chi connectivity index (χ0n) is 22.3. The van der Waals surface area contributed by atoms with Crippen LogP contribution >= 0.6 is 0 Å². The summed E-state index contributed by atoms with van der Waals surface area (Å²) in [5, 5.41) is 44.0. The summed E-state index contributed by atoms with van der Waals surface area (Å²) in [6.07, 6.45) is 6.30. The molecule has 0 spiro atoms. The number of hydrogen-bond donors (Lipinski definition) is 4. The third kappa shape index (κ3) is 2.82. The summed E-state index contributed by atoms with van der Waals surface area (Å²) in [6.45, 7) is 12.9. The molecule has 6 heteroatoms. The van der Waals surface area contributed by atoms with Crippen LogP contribution in [-0.4, -0.2) is 49.5 Å². The van der Waals surface area contributed by atoms with Crippen molar-refractivity contribution < 1.29 is 30.0 Å². The number of aliphatic hydroxyl groups is 3. The first kappa shape index (κ1) is 25.4. The van der Waals surface area contributed by atoms with Crippen LogP contribution in [0.3, 0.4) is 0 Å². The number of carbonyl (C=O) groups excluding carboxylic acids is 1. The van der Waals surface area contributed by atoms with Crippen LogP contribution in [0.25, 0.3) is 0 Å². The van der Waals surface area contributed by atoms with Crippen molar-refractivity contribution in [2.75, 3.05) is 0 Å². The molecule has 6 nitrogen and oxygen atoms in total. The number of fused-ring (bicyclic) bond motifs is 7. The molecule has 0 radical (unpaired) electrons. The first-order chi connectivity index (χ1) is 15.9. The Morgan fingerprint density at radius 3 is 2.17 bits per heavy atom. The molecule has 4 fully saturated rings. The molecule has 4 N–H and O–H groups in total. The molecule has 35 heavy (non-hydrogen) atoms. The highest BCUT2D eigenvalue weighted by Crippen LogP contribution is 2.75. The SMILES string of the molecule is CC1(C)[C@H](O)CC[C@@]2(C)[C@@H]1CC[C@]1(C)[C@H]2C(=O)C=C2[C@]1(C)CC[C@@]1(C)CC[C@](O)(C(=O)O)C[C@]21O. The number of carboxylic acids is 1. The topological polar surface area (TPSA) is 115 Å². The highest BCUT2D eigenvalue weighted by atomic mass is 16.4. The fourth-order valence-corrected chi connectivity index (χ4v) is 10.2. The largest absolute Gasteiger partial charge is 0.479 e. The number of ketones is 1. The average molecular weight is 489 g/mol. The minimum atomic E-state index is -2.00. The molecule has 0 bridgehead atoms. The fourth-order valence-electron chi connectivity index (χ4n) is 10.2. The number of carbonyl (C=O) groups is 2. The molecular weight excluding hydrogens is 444 g/mol. The van der Waals surface area contributed by atoms with Crippen LogP contribution in [0, 0.1) is 38.9 Å². The van der Waals surface area contributed by atoms with Gasteiger partial charge in [-0.3, -0.25) is 4.79 Å². The Kier molecular flexibility index (Phi) is 5.07. The third-order valence-corrected chi connectivity index (χ3v) is 12.8. The van der Waals surface area contributed by atoms with Crippen LogP contribution < -0.4 is 0 Å². The van der Waals surface area contributed by atoms with Crippen molar-refractivity contribution in [2.24, 2.45) is 38.9 Å². The van der Waals surface area contributed by atoms with E-state index in [4.69, 9.17) is 0 Å². The lowest BCUT2D eigenvalue weighted by Gasteiger charge is -2.71. The molecule has 5 rings (SSSR count). The van der Waals surface area contributed by atoms with Gasteiger partial charge in [-0.15, -0.1) is 0 Å². The number of aliphatic carboxylic acids is 1. The summed E-state index contributed by atoms with van der Waals surface area (Å²) >= 11 is 0. The Balaban J connectivity index is 1.66. The van der Waals surface area contributed by atoms with Crippen LogP contribution in [0.1, 0.15) is 99.3 Å². The maximum absolute atomic E-state index is 14.2. The van der Waals surface area contributed by atoms with Gasteiger partial charge in [0.2, 0.25) is 0 Å². The van der Waals surface area contributed by atoms with Crippen LogP contribution in [0.4, 0.5) is 0 Å². The number of aliphatic hydroxyl groups excluding tert-OH is 1. The van der Waals surface area contributed by atoms with E-state index in [2.05, 4.69) is 34.6 Å². The minimum Gasteiger partial charge on any atom is -0.479 e. The quantitative estimate of drug-likeness (QED) is 0.439. The summed E-state index contributed by atoms with van der Waals surface area (Å²) in [4.78, 5) is 26.2. The second-order valence-corrected chi connectivity index (χ2v) is 14.6. The van der Waals surface area contributed by atoms with Gasteiger partial charge in [-0.05, 0) is 90.6 Å². The van der Waals surface area contributed by atoms with Gasteiger partial charge in [0, 0.05) is 17.8 Å². The maximum atomic E-state index is 14.2. The second-order valence-electron chi connectivity index (χ2n) is 14.6. The van der Waals surface area contributed by atoms with E-state index in [0.717, 1.165) is 32.1 Å². The maximum Gasteiger partial charge on any atom is 0.335 e. The number of rotatable bonds is 1. The summed E-state index contributed by atoms with van der Waals surface area (Å²) in [6, 6.07) is 0.